The van der Waals surface area contributed by atoms with Gasteiger partial charge in [-0.05, 0) is 37.5 Å². The molecule has 0 amide bonds. The summed E-state index contributed by atoms with van der Waals surface area (Å²) in [7, 11) is 0. The second-order valence-corrected chi connectivity index (χ2v) is 5.82. The van der Waals surface area contributed by atoms with Crippen molar-refractivity contribution in [3.63, 3.8) is 0 Å². The van der Waals surface area contributed by atoms with Gasteiger partial charge in [0.2, 0.25) is 5.95 Å². The molecule has 2 aromatic rings. The van der Waals surface area contributed by atoms with Gasteiger partial charge in [-0.15, -0.1) is 10.2 Å². The van der Waals surface area contributed by atoms with Crippen LogP contribution in [0, 0.1) is 6.92 Å². The lowest BCUT2D eigenvalue weighted by Gasteiger charge is -2.31. The standard InChI is InChI=1S/C15H15F3N4O2/c1-7-2-8(15(16,17)18)3-12(24)13(7)11-6-19-14(22-21-11)20-9-4-10(23)5-9/h2-3,6,9-10,23-24H,4-5H2,1H3,(H,19,20,22). The normalized spacial score (nSPS) is 20.5. The van der Waals surface area contributed by atoms with E-state index in [2.05, 4.69) is 20.5 Å². The van der Waals surface area contributed by atoms with Crippen LogP contribution < -0.4 is 5.32 Å². The van der Waals surface area contributed by atoms with Crippen LogP contribution in [0.5, 0.6) is 5.75 Å². The zero-order chi connectivity index (χ0) is 17.5. The zero-order valence-electron chi connectivity index (χ0n) is 12.7. The van der Waals surface area contributed by atoms with Crippen LogP contribution in [0.1, 0.15) is 24.0 Å². The highest BCUT2D eigenvalue weighted by Gasteiger charge is 2.32. The smallest absolute Gasteiger partial charge is 0.416 e. The Bertz CT molecular complexity index is 720. The first-order valence-corrected chi connectivity index (χ1v) is 7.29. The summed E-state index contributed by atoms with van der Waals surface area (Å²) >= 11 is 0. The molecule has 0 spiro atoms. The van der Waals surface area contributed by atoms with Crippen molar-refractivity contribution in [3.8, 4) is 17.0 Å². The number of hydrogen-bond acceptors (Lipinski definition) is 6. The number of phenols is 1. The molecule has 24 heavy (non-hydrogen) atoms. The molecule has 6 nitrogen and oxygen atoms in total. The highest BCUT2D eigenvalue weighted by atomic mass is 19.4. The Morgan fingerprint density at radius 3 is 2.42 bits per heavy atom. The molecular formula is C15H15F3N4O2. The summed E-state index contributed by atoms with van der Waals surface area (Å²) in [5.74, 6) is -0.263. The number of aliphatic hydroxyl groups excluding tert-OH is 1. The van der Waals surface area contributed by atoms with Crippen LogP contribution in [-0.2, 0) is 6.18 Å². The van der Waals surface area contributed by atoms with Gasteiger partial charge < -0.3 is 15.5 Å². The molecule has 1 fully saturated rings. The predicted molar refractivity (Wildman–Crippen MR) is 79.3 cm³/mol. The molecule has 3 rings (SSSR count). The summed E-state index contributed by atoms with van der Waals surface area (Å²) in [6, 6.07) is 1.68. The van der Waals surface area contributed by atoms with Crippen LogP contribution in [0.15, 0.2) is 18.3 Å². The van der Waals surface area contributed by atoms with Gasteiger partial charge >= 0.3 is 6.18 Å². The molecule has 128 valence electrons. The molecule has 0 aliphatic heterocycles. The van der Waals surface area contributed by atoms with Gasteiger partial charge in [-0.3, -0.25) is 0 Å². The van der Waals surface area contributed by atoms with E-state index in [1.807, 2.05) is 0 Å². The van der Waals surface area contributed by atoms with Gasteiger partial charge in [-0.2, -0.15) is 13.2 Å². The number of anilines is 1. The highest BCUT2D eigenvalue weighted by Crippen LogP contribution is 2.38. The summed E-state index contributed by atoms with van der Waals surface area (Å²) in [4.78, 5) is 4.06. The number of benzene rings is 1. The van der Waals surface area contributed by atoms with Gasteiger partial charge in [-0.25, -0.2) is 4.98 Å². The van der Waals surface area contributed by atoms with E-state index < -0.39 is 17.5 Å². The molecule has 1 aromatic carbocycles. The summed E-state index contributed by atoms with van der Waals surface area (Å²) < 4.78 is 38.2. The van der Waals surface area contributed by atoms with Gasteiger partial charge in [0.1, 0.15) is 11.4 Å². The van der Waals surface area contributed by atoms with E-state index in [-0.39, 0.29) is 34.9 Å². The number of hydrogen-bond donors (Lipinski definition) is 3. The lowest BCUT2D eigenvalue weighted by atomic mass is 9.90. The fourth-order valence-corrected chi connectivity index (χ4v) is 2.61. The monoisotopic (exact) mass is 340 g/mol. The molecule has 1 aliphatic carbocycles. The zero-order valence-corrected chi connectivity index (χ0v) is 12.7. The van der Waals surface area contributed by atoms with Crippen molar-refractivity contribution in [2.45, 2.75) is 38.1 Å². The van der Waals surface area contributed by atoms with Crippen molar-refractivity contribution >= 4 is 5.95 Å². The average molecular weight is 340 g/mol. The van der Waals surface area contributed by atoms with Gasteiger partial charge in [-0.1, -0.05) is 0 Å². The average Bonchev–Trinajstić information content (AvgIpc) is 2.45. The van der Waals surface area contributed by atoms with Crippen molar-refractivity contribution in [2.24, 2.45) is 0 Å². The Morgan fingerprint density at radius 2 is 1.92 bits per heavy atom. The van der Waals surface area contributed by atoms with Gasteiger partial charge in [0.25, 0.3) is 0 Å². The van der Waals surface area contributed by atoms with Crippen molar-refractivity contribution < 1.29 is 23.4 Å². The first-order valence-electron chi connectivity index (χ1n) is 7.29. The fraction of sp³-hybridized carbons (Fsp3) is 0.400. The Labute approximate surface area is 135 Å². The van der Waals surface area contributed by atoms with E-state index in [0.29, 0.717) is 18.9 Å². The Balaban J connectivity index is 1.84. The molecule has 0 atom stereocenters. The van der Waals surface area contributed by atoms with E-state index in [9.17, 15) is 23.4 Å². The number of phenolic OH excluding ortho intramolecular Hbond substituents is 1. The van der Waals surface area contributed by atoms with Gasteiger partial charge in [0.05, 0.1) is 17.9 Å². The highest BCUT2D eigenvalue weighted by molar-refractivity contribution is 5.70. The number of aromatic hydroxyl groups is 1. The maximum absolute atomic E-state index is 12.7. The lowest BCUT2D eigenvalue weighted by molar-refractivity contribution is -0.137. The predicted octanol–water partition coefficient (Wildman–Crippen LogP) is 2.51. The van der Waals surface area contributed by atoms with Crippen molar-refractivity contribution in [3.05, 3.63) is 29.5 Å². The Kier molecular flexibility index (Phi) is 4.04. The minimum Gasteiger partial charge on any atom is -0.507 e. The third-order valence-corrected chi connectivity index (χ3v) is 3.91. The maximum Gasteiger partial charge on any atom is 0.416 e. The minimum absolute atomic E-state index is 0.0776. The van der Waals surface area contributed by atoms with Crippen molar-refractivity contribution in [2.75, 3.05) is 5.32 Å². The Morgan fingerprint density at radius 1 is 1.21 bits per heavy atom. The number of nitrogens with one attached hydrogen (secondary N) is 1. The third-order valence-electron chi connectivity index (χ3n) is 3.91. The number of nitrogens with zero attached hydrogens (tertiary/aromatic N) is 3. The van der Waals surface area contributed by atoms with E-state index >= 15 is 0 Å². The van der Waals surface area contributed by atoms with Gasteiger partial charge in [0.15, 0.2) is 0 Å². The number of halogens is 3. The van der Waals surface area contributed by atoms with E-state index in [1.165, 1.54) is 13.1 Å². The largest absolute Gasteiger partial charge is 0.507 e. The first kappa shape index (κ1) is 16.4. The first-order chi connectivity index (χ1) is 11.2. The maximum atomic E-state index is 12.7. The van der Waals surface area contributed by atoms with Gasteiger partial charge in [0, 0.05) is 11.6 Å². The van der Waals surface area contributed by atoms with E-state index in [4.69, 9.17) is 0 Å². The van der Waals surface area contributed by atoms with Crippen LogP contribution in [0.25, 0.3) is 11.3 Å². The number of aryl methyl sites for hydroxylation is 1. The second kappa shape index (κ2) is 5.90. The van der Waals surface area contributed by atoms with E-state index in [1.54, 1.807) is 0 Å². The number of aromatic nitrogens is 3. The molecule has 9 heteroatoms. The van der Waals surface area contributed by atoms with Crippen LogP contribution >= 0.6 is 0 Å². The molecule has 0 radical (unpaired) electrons. The molecule has 3 N–H and O–H groups in total. The van der Waals surface area contributed by atoms with E-state index in [0.717, 1.165) is 6.07 Å². The molecular weight excluding hydrogens is 325 g/mol. The van der Waals surface area contributed by atoms with Crippen molar-refractivity contribution in [1.29, 1.82) is 0 Å². The number of alkyl halides is 3. The van der Waals surface area contributed by atoms with Crippen molar-refractivity contribution in [1.82, 2.24) is 15.2 Å². The fourth-order valence-electron chi connectivity index (χ4n) is 2.61. The molecule has 0 bridgehead atoms. The molecule has 1 aromatic heterocycles. The number of aliphatic hydroxyl groups is 1. The molecule has 1 aliphatic rings. The summed E-state index contributed by atoms with van der Waals surface area (Å²) in [5.41, 5.74) is -0.364. The summed E-state index contributed by atoms with van der Waals surface area (Å²) in [6.07, 6.45) is -2.32. The number of rotatable bonds is 3. The van der Waals surface area contributed by atoms with Crippen LogP contribution in [0.3, 0.4) is 0 Å². The van der Waals surface area contributed by atoms with Crippen LogP contribution in [0.2, 0.25) is 0 Å². The molecule has 0 unspecified atom stereocenters. The topological polar surface area (TPSA) is 91.2 Å². The van der Waals surface area contributed by atoms with Crippen LogP contribution in [0.4, 0.5) is 19.1 Å². The van der Waals surface area contributed by atoms with Crippen LogP contribution in [-0.4, -0.2) is 37.5 Å². The quantitative estimate of drug-likeness (QED) is 0.795. The molecule has 0 saturated heterocycles. The molecule has 1 heterocycles. The lowest BCUT2D eigenvalue weighted by Crippen LogP contribution is -2.39. The SMILES string of the molecule is Cc1cc(C(F)(F)F)cc(O)c1-c1cnc(NC2CC(O)C2)nn1. The summed E-state index contributed by atoms with van der Waals surface area (Å²) in [6.45, 7) is 1.45. The third kappa shape index (κ3) is 3.25. The Hall–Kier alpha value is -2.42. The second-order valence-electron chi connectivity index (χ2n) is 5.82. The molecule has 1 saturated carbocycles. The summed E-state index contributed by atoms with van der Waals surface area (Å²) in [5, 5.41) is 29.9. The minimum atomic E-state index is -4.54.